The van der Waals surface area contributed by atoms with Gasteiger partial charge in [-0.15, -0.1) is 5.10 Å². The third-order valence-corrected chi connectivity index (χ3v) is 6.96. The number of fused-ring (bicyclic) bond motifs is 1. The van der Waals surface area contributed by atoms with E-state index in [9.17, 15) is 14.4 Å². The van der Waals surface area contributed by atoms with Gasteiger partial charge in [0.05, 0.1) is 10.7 Å². The van der Waals surface area contributed by atoms with Crippen LogP contribution in [0.4, 0.5) is 10.1 Å². The fraction of sp³-hybridized carbons (Fsp3) is 0.208. The number of halogens is 2. The summed E-state index contributed by atoms with van der Waals surface area (Å²) in [6, 6.07) is 8.68. The van der Waals surface area contributed by atoms with Crippen LogP contribution in [0.2, 0.25) is 5.02 Å². The topological polar surface area (TPSA) is 152 Å². The number of benzene rings is 2. The highest BCUT2D eigenvalue weighted by atomic mass is 35.5. The van der Waals surface area contributed by atoms with Crippen LogP contribution in [0.5, 0.6) is 0 Å². The molecule has 1 fully saturated rings. The van der Waals surface area contributed by atoms with Crippen molar-refractivity contribution < 1.29 is 18.5 Å². The summed E-state index contributed by atoms with van der Waals surface area (Å²) in [7, 11) is 0. The van der Waals surface area contributed by atoms with Gasteiger partial charge in [-0.1, -0.05) is 16.8 Å². The number of H-pyrrole nitrogens is 1. The summed E-state index contributed by atoms with van der Waals surface area (Å²) < 4.78 is 21.0. The molecule has 2 aromatic heterocycles. The van der Waals surface area contributed by atoms with E-state index in [1.54, 1.807) is 35.2 Å². The average Bonchev–Trinajstić information content (AvgIpc) is 3.67. The van der Waals surface area contributed by atoms with Crippen LogP contribution in [0.3, 0.4) is 0 Å². The summed E-state index contributed by atoms with van der Waals surface area (Å²) in [6.45, 7) is 0. The van der Waals surface area contributed by atoms with Crippen LogP contribution < -0.4 is 11.1 Å². The minimum absolute atomic E-state index is 0.0859. The van der Waals surface area contributed by atoms with Gasteiger partial charge in [0.25, 0.3) is 0 Å². The van der Waals surface area contributed by atoms with Crippen molar-refractivity contribution in [2.45, 2.75) is 31.3 Å². The first-order valence-electron chi connectivity index (χ1n) is 11.6. The van der Waals surface area contributed by atoms with E-state index in [0.717, 1.165) is 0 Å². The molecule has 2 amide bonds. The minimum atomic E-state index is -0.680. The molecule has 0 aliphatic carbocycles. The van der Waals surface area contributed by atoms with Gasteiger partial charge < -0.3 is 10.2 Å². The summed E-state index contributed by atoms with van der Waals surface area (Å²) in [5.74, 6) is -1.78. The van der Waals surface area contributed by atoms with Gasteiger partial charge in [0.15, 0.2) is 11.6 Å². The highest BCUT2D eigenvalue weighted by Crippen LogP contribution is 2.40. The molecule has 2 aromatic carbocycles. The first kappa shape index (κ1) is 23.7. The summed E-state index contributed by atoms with van der Waals surface area (Å²) in [6.07, 6.45) is 4.05. The maximum atomic E-state index is 15.2. The normalized spacial score (nSPS) is 18.8. The maximum absolute atomic E-state index is 15.2. The largest absolute Gasteiger partial charge is 0.439 e. The molecular formula is C24H18ClFN8O4. The molecule has 1 saturated heterocycles. The molecule has 2 N–H and O–H groups in total. The van der Waals surface area contributed by atoms with E-state index in [2.05, 4.69) is 35.5 Å². The fourth-order valence-corrected chi connectivity index (χ4v) is 5.14. The summed E-state index contributed by atoms with van der Waals surface area (Å²) in [4.78, 5) is 41.5. The van der Waals surface area contributed by atoms with E-state index in [-0.39, 0.29) is 34.3 Å². The lowest BCUT2D eigenvalue weighted by atomic mass is 9.92. The molecule has 14 heteroatoms. The Hall–Kier alpha value is -4.65. The van der Waals surface area contributed by atoms with Crippen molar-refractivity contribution in [3.63, 3.8) is 0 Å². The Bertz CT molecular complexity index is 1630. The smallest absolute Gasteiger partial charge is 0.324 e. The molecule has 2 aliphatic heterocycles. The molecular weight excluding hydrogens is 519 g/mol. The second kappa shape index (κ2) is 9.34. The monoisotopic (exact) mass is 536 g/mol. The second-order valence-electron chi connectivity index (χ2n) is 8.89. The van der Waals surface area contributed by atoms with Gasteiger partial charge in [-0.05, 0) is 71.7 Å². The van der Waals surface area contributed by atoms with Crippen molar-refractivity contribution >= 4 is 34.7 Å². The number of aromatic amines is 1. The minimum Gasteiger partial charge on any atom is -0.324 e. The van der Waals surface area contributed by atoms with Crippen LogP contribution in [-0.2, 0) is 9.59 Å². The zero-order valence-electron chi connectivity index (χ0n) is 19.5. The molecule has 2 atom stereocenters. The number of carbonyl (C=O) groups is 2. The van der Waals surface area contributed by atoms with Crippen molar-refractivity contribution in [1.29, 1.82) is 0 Å². The van der Waals surface area contributed by atoms with Crippen molar-refractivity contribution in [3.05, 3.63) is 75.8 Å². The molecule has 38 heavy (non-hydrogen) atoms. The zero-order chi connectivity index (χ0) is 26.4. The van der Waals surface area contributed by atoms with E-state index in [0.29, 0.717) is 41.8 Å². The van der Waals surface area contributed by atoms with Gasteiger partial charge >= 0.3 is 5.76 Å². The second-order valence-corrected chi connectivity index (χ2v) is 9.29. The van der Waals surface area contributed by atoms with E-state index in [4.69, 9.17) is 11.6 Å². The summed E-state index contributed by atoms with van der Waals surface area (Å²) in [5.41, 5.74) is 2.09. The zero-order valence-corrected chi connectivity index (χ0v) is 20.2. The van der Waals surface area contributed by atoms with Crippen molar-refractivity contribution in [3.8, 4) is 17.1 Å². The lowest BCUT2D eigenvalue weighted by molar-refractivity contribution is -0.135. The highest BCUT2D eigenvalue weighted by Gasteiger charge is 2.43. The van der Waals surface area contributed by atoms with Crippen LogP contribution >= 0.6 is 11.6 Å². The molecule has 12 nitrogen and oxygen atoms in total. The Morgan fingerprint density at radius 3 is 2.68 bits per heavy atom. The number of rotatable bonds is 5. The number of nitrogens with one attached hydrogen (secondary N) is 2. The van der Waals surface area contributed by atoms with Gasteiger partial charge in [0, 0.05) is 28.9 Å². The fourth-order valence-electron chi connectivity index (χ4n) is 4.98. The highest BCUT2D eigenvalue weighted by molar-refractivity contribution is 6.31. The quantitative estimate of drug-likeness (QED) is 0.395. The Morgan fingerprint density at radius 1 is 1.16 bits per heavy atom. The third kappa shape index (κ3) is 4.16. The van der Waals surface area contributed by atoms with Crippen LogP contribution in [0, 0.1) is 5.82 Å². The molecule has 0 unspecified atom stereocenters. The van der Waals surface area contributed by atoms with Gasteiger partial charge in [-0.2, -0.15) is 4.68 Å². The third-order valence-electron chi connectivity index (χ3n) is 6.67. The molecule has 4 aromatic rings. The Balaban J connectivity index is 1.22. The number of hydrogen-bond donors (Lipinski definition) is 2. The molecule has 4 heterocycles. The lowest BCUT2D eigenvalue weighted by Gasteiger charge is -2.33. The molecule has 0 spiro atoms. The summed E-state index contributed by atoms with van der Waals surface area (Å²) in [5, 5.41) is 17.4. The Kier molecular flexibility index (Phi) is 5.83. The van der Waals surface area contributed by atoms with Crippen LogP contribution in [0.15, 0.2) is 58.1 Å². The van der Waals surface area contributed by atoms with Gasteiger partial charge in [-0.25, -0.2) is 9.18 Å². The molecule has 0 bridgehead atoms. The van der Waals surface area contributed by atoms with E-state index < -0.39 is 17.6 Å². The van der Waals surface area contributed by atoms with Gasteiger partial charge in [0.2, 0.25) is 11.8 Å². The SMILES string of the molecule is O=C(Nc1ccc(-c2noc(=O)[nH]2)cc1)[C@@H]1CC[C@@H]2CC(c3c(-n4cnnn4)ccc(Cl)c3F)=CC(=O)N21. The number of tetrazole rings is 1. The number of amides is 2. The van der Waals surface area contributed by atoms with Crippen molar-refractivity contribution in [1.82, 2.24) is 35.2 Å². The number of hydrogen-bond acceptors (Lipinski definition) is 8. The van der Waals surface area contributed by atoms with E-state index in [1.165, 1.54) is 23.2 Å². The molecule has 2 aliphatic rings. The molecule has 6 rings (SSSR count). The van der Waals surface area contributed by atoms with Gasteiger partial charge in [-0.3, -0.25) is 19.1 Å². The van der Waals surface area contributed by atoms with Crippen molar-refractivity contribution in [2.24, 2.45) is 0 Å². The summed E-state index contributed by atoms with van der Waals surface area (Å²) >= 11 is 6.07. The van der Waals surface area contributed by atoms with Crippen LogP contribution in [-0.4, -0.2) is 59.1 Å². The van der Waals surface area contributed by atoms with Crippen molar-refractivity contribution in [2.75, 3.05) is 5.32 Å². The standard InChI is InChI=1S/C24H18ClFN8O4/c25-16-6-8-17(33-11-27-31-32-33)20(21(16)26)13-9-15-5-7-18(34(15)19(35)10-13)23(36)28-14-3-1-12(2-4-14)22-29-24(37)38-30-22/h1-4,6,8,10-11,15,18H,5,7,9H2,(H,28,36)(H,29,30,37)/t15-,18+/m1/s1. The molecule has 192 valence electrons. The molecule has 0 radical (unpaired) electrons. The average molecular weight is 537 g/mol. The Morgan fingerprint density at radius 2 is 1.97 bits per heavy atom. The Labute approximate surface area is 218 Å². The predicted octanol–water partition coefficient (Wildman–Crippen LogP) is 2.58. The van der Waals surface area contributed by atoms with Crippen LogP contribution in [0.1, 0.15) is 24.8 Å². The number of anilines is 1. The first-order valence-corrected chi connectivity index (χ1v) is 12.0. The van der Waals surface area contributed by atoms with Gasteiger partial charge in [0.1, 0.15) is 12.4 Å². The van der Waals surface area contributed by atoms with Crippen LogP contribution in [0.25, 0.3) is 22.6 Å². The number of carbonyl (C=O) groups excluding carboxylic acids is 2. The first-order chi connectivity index (χ1) is 18.4. The molecule has 0 saturated carbocycles. The lowest BCUT2D eigenvalue weighted by Crippen LogP contribution is -2.48. The number of aromatic nitrogens is 6. The van der Waals surface area contributed by atoms with E-state index >= 15 is 4.39 Å². The number of nitrogens with zero attached hydrogens (tertiary/aromatic N) is 6. The predicted molar refractivity (Wildman–Crippen MR) is 132 cm³/mol. The van der Waals surface area contributed by atoms with E-state index in [1.807, 2.05) is 0 Å². The maximum Gasteiger partial charge on any atom is 0.439 e.